The maximum Gasteiger partial charge on any atom is 0.235 e. The molecule has 4 nitrogen and oxygen atoms in total. The molecule has 15 heavy (non-hydrogen) atoms. The van der Waals surface area contributed by atoms with Crippen molar-refractivity contribution in [3.63, 3.8) is 0 Å². The molecule has 0 heterocycles. The molecule has 0 aliphatic heterocycles. The van der Waals surface area contributed by atoms with Crippen molar-refractivity contribution in [2.75, 3.05) is 17.8 Å². The van der Waals surface area contributed by atoms with E-state index in [1.54, 1.807) is 18.2 Å². The fourth-order valence-electron chi connectivity index (χ4n) is 1.06. The lowest BCUT2D eigenvalue weighted by atomic mass is 10.2. The number of halogens is 1. The number of hydrogen-bond acceptors (Lipinski definition) is 3. The van der Waals surface area contributed by atoms with Crippen LogP contribution >= 0.6 is 15.9 Å². The Kier molecular flexibility index (Phi) is 4.30. The van der Waals surface area contributed by atoms with E-state index in [-0.39, 0.29) is 11.2 Å². The second-order valence-corrected chi connectivity index (χ2v) is 3.31. The molecule has 80 valence electrons. The van der Waals surface area contributed by atoms with E-state index in [1.165, 1.54) is 7.11 Å². The molecule has 5 heteroatoms. The number of alkyl halides is 1. The molecule has 0 fully saturated rings. The maximum absolute atomic E-state index is 11.1. The van der Waals surface area contributed by atoms with Gasteiger partial charge in [-0.3, -0.25) is 9.59 Å². The first kappa shape index (κ1) is 11.7. The summed E-state index contributed by atoms with van der Waals surface area (Å²) >= 11 is 3.02. The molecule has 1 aromatic carbocycles. The summed E-state index contributed by atoms with van der Waals surface area (Å²) in [6.07, 6.45) is 0.673. The molecule has 0 aromatic heterocycles. The third-order valence-corrected chi connectivity index (χ3v) is 2.29. The second-order valence-electron chi connectivity index (χ2n) is 2.75. The minimum atomic E-state index is -0.205. The largest absolute Gasteiger partial charge is 0.497 e. The van der Waals surface area contributed by atoms with Gasteiger partial charge in [0, 0.05) is 5.56 Å². The number of amides is 1. The number of carbonyl (C=O) groups excluding carboxylic acids is 2. The summed E-state index contributed by atoms with van der Waals surface area (Å²) in [6.45, 7) is 0. The number of ether oxygens (including phenoxy) is 1. The van der Waals surface area contributed by atoms with E-state index in [0.717, 1.165) is 0 Å². The van der Waals surface area contributed by atoms with Crippen LogP contribution in [0, 0.1) is 0 Å². The molecule has 0 radical (unpaired) electrons. The molecule has 0 aliphatic carbocycles. The van der Waals surface area contributed by atoms with E-state index in [0.29, 0.717) is 23.3 Å². The molecule has 0 saturated carbocycles. The number of methoxy groups -OCH3 is 1. The topological polar surface area (TPSA) is 55.4 Å². The Morgan fingerprint density at radius 1 is 1.60 bits per heavy atom. The fraction of sp³-hybridized carbons (Fsp3) is 0.200. The van der Waals surface area contributed by atoms with E-state index in [1.807, 2.05) is 0 Å². The van der Waals surface area contributed by atoms with Gasteiger partial charge >= 0.3 is 0 Å². The van der Waals surface area contributed by atoms with Gasteiger partial charge in [-0.25, -0.2) is 0 Å². The van der Waals surface area contributed by atoms with Crippen molar-refractivity contribution in [2.45, 2.75) is 0 Å². The smallest absolute Gasteiger partial charge is 0.235 e. The Bertz CT molecular complexity index is 379. The number of benzene rings is 1. The Labute approximate surface area is 95.7 Å². The third-order valence-electron chi connectivity index (χ3n) is 1.78. The molecule has 0 atom stereocenters. The van der Waals surface area contributed by atoms with Crippen molar-refractivity contribution >= 4 is 33.8 Å². The first-order valence-corrected chi connectivity index (χ1v) is 5.32. The summed E-state index contributed by atoms with van der Waals surface area (Å²) in [5, 5.41) is 2.78. The van der Waals surface area contributed by atoms with E-state index in [4.69, 9.17) is 4.74 Å². The van der Waals surface area contributed by atoms with E-state index < -0.39 is 0 Å². The fourth-order valence-corrected chi connectivity index (χ4v) is 1.20. The molecule has 1 N–H and O–H groups in total. The summed E-state index contributed by atoms with van der Waals surface area (Å²) < 4.78 is 4.96. The van der Waals surface area contributed by atoms with Crippen molar-refractivity contribution in [1.29, 1.82) is 0 Å². The Morgan fingerprint density at radius 3 is 2.87 bits per heavy atom. The average molecular weight is 272 g/mol. The van der Waals surface area contributed by atoms with Crippen molar-refractivity contribution in [2.24, 2.45) is 0 Å². The molecule has 0 aliphatic rings. The number of anilines is 1. The highest BCUT2D eigenvalue weighted by Gasteiger charge is 2.06. The lowest BCUT2D eigenvalue weighted by Gasteiger charge is -2.07. The zero-order chi connectivity index (χ0) is 11.3. The average Bonchev–Trinajstić information content (AvgIpc) is 2.29. The Hall–Kier alpha value is -1.36. The zero-order valence-corrected chi connectivity index (χ0v) is 9.71. The van der Waals surface area contributed by atoms with Gasteiger partial charge in [-0.05, 0) is 18.2 Å². The number of hydrogen-bond donors (Lipinski definition) is 1. The zero-order valence-electron chi connectivity index (χ0n) is 8.12. The van der Waals surface area contributed by atoms with Gasteiger partial charge in [0.05, 0.1) is 18.1 Å². The van der Waals surface area contributed by atoms with Gasteiger partial charge in [0.15, 0.2) is 6.29 Å². The predicted octanol–water partition coefficient (Wildman–Crippen LogP) is 1.84. The van der Waals surface area contributed by atoms with Gasteiger partial charge in [0.1, 0.15) is 5.75 Å². The molecule has 0 spiro atoms. The van der Waals surface area contributed by atoms with Crippen molar-refractivity contribution in [3.05, 3.63) is 23.8 Å². The van der Waals surface area contributed by atoms with E-state index in [9.17, 15) is 9.59 Å². The first-order valence-electron chi connectivity index (χ1n) is 4.20. The van der Waals surface area contributed by atoms with Crippen molar-refractivity contribution in [3.8, 4) is 5.75 Å². The number of nitrogens with one attached hydrogen (secondary N) is 1. The van der Waals surface area contributed by atoms with Crippen LogP contribution in [0.25, 0.3) is 0 Å². The summed E-state index contributed by atoms with van der Waals surface area (Å²) in [4.78, 5) is 21.8. The molecule has 1 rings (SSSR count). The van der Waals surface area contributed by atoms with Gasteiger partial charge in [0.2, 0.25) is 5.91 Å². The van der Waals surface area contributed by atoms with Crippen LogP contribution in [-0.4, -0.2) is 24.6 Å². The summed E-state index contributed by atoms with van der Waals surface area (Å²) in [7, 11) is 1.51. The van der Waals surface area contributed by atoms with E-state index >= 15 is 0 Å². The summed E-state index contributed by atoms with van der Waals surface area (Å²) in [6, 6.07) is 4.87. The van der Waals surface area contributed by atoms with Crippen LogP contribution in [0.1, 0.15) is 10.4 Å². The highest BCUT2D eigenvalue weighted by molar-refractivity contribution is 9.09. The van der Waals surface area contributed by atoms with Crippen LogP contribution in [0.3, 0.4) is 0 Å². The molecular formula is C10H10BrNO3. The van der Waals surface area contributed by atoms with E-state index in [2.05, 4.69) is 21.2 Å². The predicted molar refractivity (Wildman–Crippen MR) is 60.8 cm³/mol. The van der Waals surface area contributed by atoms with Crippen LogP contribution in [0.15, 0.2) is 18.2 Å². The molecular weight excluding hydrogens is 262 g/mol. The van der Waals surface area contributed by atoms with Crippen molar-refractivity contribution < 1.29 is 14.3 Å². The van der Waals surface area contributed by atoms with Gasteiger partial charge < -0.3 is 10.1 Å². The SMILES string of the molecule is COc1ccc(NC(=O)CBr)c(C=O)c1. The van der Waals surface area contributed by atoms with Crippen LogP contribution in [0.2, 0.25) is 0 Å². The normalized spacial score (nSPS) is 9.47. The minimum Gasteiger partial charge on any atom is -0.497 e. The minimum absolute atomic E-state index is 0.192. The Balaban J connectivity index is 2.97. The van der Waals surface area contributed by atoms with Gasteiger partial charge in [-0.1, -0.05) is 15.9 Å². The van der Waals surface area contributed by atoms with Crippen molar-refractivity contribution in [1.82, 2.24) is 0 Å². The maximum atomic E-state index is 11.1. The molecule has 1 amide bonds. The Morgan fingerprint density at radius 2 is 2.33 bits per heavy atom. The van der Waals surface area contributed by atoms with Crippen LogP contribution in [-0.2, 0) is 4.79 Å². The van der Waals surface area contributed by atoms with Gasteiger partial charge in [-0.15, -0.1) is 0 Å². The third kappa shape index (κ3) is 3.06. The summed E-state index contributed by atoms with van der Waals surface area (Å²) in [5.74, 6) is 0.372. The molecule has 0 unspecified atom stereocenters. The first-order chi connectivity index (χ1) is 7.21. The van der Waals surface area contributed by atoms with Crippen LogP contribution < -0.4 is 10.1 Å². The standard InChI is InChI=1S/C10H10BrNO3/c1-15-8-2-3-9(7(4-8)6-13)12-10(14)5-11/h2-4,6H,5H2,1H3,(H,12,14). The van der Waals surface area contributed by atoms with Crippen LogP contribution in [0.5, 0.6) is 5.75 Å². The molecule has 0 saturated heterocycles. The quantitative estimate of drug-likeness (QED) is 0.672. The monoisotopic (exact) mass is 271 g/mol. The number of aldehydes is 1. The van der Waals surface area contributed by atoms with Gasteiger partial charge in [-0.2, -0.15) is 0 Å². The van der Waals surface area contributed by atoms with Gasteiger partial charge in [0.25, 0.3) is 0 Å². The molecule has 1 aromatic rings. The lowest BCUT2D eigenvalue weighted by Crippen LogP contribution is -2.13. The summed E-state index contributed by atoms with van der Waals surface area (Å²) in [5.41, 5.74) is 0.874. The highest BCUT2D eigenvalue weighted by atomic mass is 79.9. The number of carbonyl (C=O) groups is 2. The molecule has 0 bridgehead atoms. The number of rotatable bonds is 4. The second kappa shape index (κ2) is 5.50. The highest BCUT2D eigenvalue weighted by Crippen LogP contribution is 2.20. The van der Waals surface area contributed by atoms with Crippen LogP contribution in [0.4, 0.5) is 5.69 Å². The lowest BCUT2D eigenvalue weighted by molar-refractivity contribution is -0.113.